The molecule has 0 saturated heterocycles. The highest BCUT2D eigenvalue weighted by Crippen LogP contribution is 2.17. The molecule has 6 nitrogen and oxygen atoms in total. The highest BCUT2D eigenvalue weighted by molar-refractivity contribution is 5.71. The molecule has 0 radical (unpaired) electrons. The molecular weight excluding hydrogens is 721 g/mol. The lowest BCUT2D eigenvalue weighted by Crippen LogP contribution is -2.30. The van der Waals surface area contributed by atoms with Crippen LogP contribution in [0.5, 0.6) is 0 Å². The molecule has 58 heavy (non-hydrogen) atoms. The maximum absolute atomic E-state index is 12.8. The molecule has 0 aromatic carbocycles. The van der Waals surface area contributed by atoms with Gasteiger partial charge < -0.3 is 14.2 Å². The summed E-state index contributed by atoms with van der Waals surface area (Å²) in [7, 11) is 0. The third-order valence-electron chi connectivity index (χ3n) is 11.7. The van der Waals surface area contributed by atoms with Crippen LogP contribution in [0.15, 0.2) is 0 Å². The average molecular weight is 821 g/mol. The zero-order valence-corrected chi connectivity index (χ0v) is 39.7. The molecular formula is C52H100O6. The van der Waals surface area contributed by atoms with Crippen molar-refractivity contribution in [3.63, 3.8) is 0 Å². The molecule has 0 aliphatic carbocycles. The number of ether oxygens (including phenoxy) is 3. The van der Waals surface area contributed by atoms with Crippen LogP contribution in [0.1, 0.15) is 285 Å². The van der Waals surface area contributed by atoms with E-state index in [4.69, 9.17) is 14.2 Å². The van der Waals surface area contributed by atoms with Gasteiger partial charge in [-0.15, -0.1) is 0 Å². The molecule has 0 aliphatic heterocycles. The van der Waals surface area contributed by atoms with E-state index in [0.717, 1.165) is 69.6 Å². The van der Waals surface area contributed by atoms with Crippen LogP contribution in [0.2, 0.25) is 0 Å². The van der Waals surface area contributed by atoms with Crippen molar-refractivity contribution in [2.24, 2.45) is 11.8 Å². The van der Waals surface area contributed by atoms with E-state index in [1.165, 1.54) is 173 Å². The standard InChI is InChI=1S/C52H100O6/c1-6-7-8-9-10-11-23-26-32-37-42-50(53)56-45-49(46-57-51(54)43-38-33-29-28-31-36-41-48(4)5)58-52(55)44-39-34-27-24-21-19-17-15-13-12-14-16-18-20-22-25-30-35-40-47(2)3/h47-49H,6-46H2,1-5H3/t49-/m1/s1. The number of rotatable bonds is 46. The van der Waals surface area contributed by atoms with Crippen molar-refractivity contribution < 1.29 is 28.6 Å². The van der Waals surface area contributed by atoms with Gasteiger partial charge in [0.2, 0.25) is 0 Å². The Labute approximate surface area is 361 Å². The summed E-state index contributed by atoms with van der Waals surface area (Å²) in [6.45, 7) is 11.3. The molecule has 0 spiro atoms. The summed E-state index contributed by atoms with van der Waals surface area (Å²) >= 11 is 0. The summed E-state index contributed by atoms with van der Waals surface area (Å²) < 4.78 is 16.7. The molecule has 0 rings (SSSR count). The molecule has 0 bridgehead atoms. The minimum absolute atomic E-state index is 0.0647. The molecule has 0 fully saturated rings. The fourth-order valence-corrected chi connectivity index (χ4v) is 7.81. The first-order valence-electron chi connectivity index (χ1n) is 25.7. The SMILES string of the molecule is CCCCCCCCCCCCC(=O)OC[C@H](COC(=O)CCCCCCCCC(C)C)OC(=O)CCCCCCCCCCCCCCCCCCCCC(C)C. The van der Waals surface area contributed by atoms with E-state index in [1.807, 2.05) is 0 Å². The second-order valence-electron chi connectivity index (χ2n) is 18.8. The highest BCUT2D eigenvalue weighted by atomic mass is 16.6. The Kier molecular flexibility index (Phi) is 43.7. The maximum atomic E-state index is 12.8. The number of hydrogen-bond acceptors (Lipinski definition) is 6. The van der Waals surface area contributed by atoms with Gasteiger partial charge in [0.25, 0.3) is 0 Å². The van der Waals surface area contributed by atoms with Gasteiger partial charge in [0.15, 0.2) is 6.10 Å². The van der Waals surface area contributed by atoms with Crippen molar-refractivity contribution in [2.75, 3.05) is 13.2 Å². The Hall–Kier alpha value is -1.59. The first-order valence-corrected chi connectivity index (χ1v) is 25.7. The number of unbranched alkanes of at least 4 members (excludes halogenated alkanes) is 31. The van der Waals surface area contributed by atoms with Gasteiger partial charge in [-0.2, -0.15) is 0 Å². The van der Waals surface area contributed by atoms with Gasteiger partial charge in [0, 0.05) is 19.3 Å². The Morgan fingerprint density at radius 2 is 0.569 bits per heavy atom. The molecule has 0 saturated carbocycles. The smallest absolute Gasteiger partial charge is 0.306 e. The summed E-state index contributed by atoms with van der Waals surface area (Å²) in [6.07, 6.45) is 45.4. The quantitative estimate of drug-likeness (QED) is 0.0346. The monoisotopic (exact) mass is 821 g/mol. The second kappa shape index (κ2) is 44.9. The first kappa shape index (κ1) is 56.4. The molecule has 0 aliphatic rings. The minimum atomic E-state index is -0.761. The van der Waals surface area contributed by atoms with Gasteiger partial charge >= 0.3 is 17.9 Å². The van der Waals surface area contributed by atoms with Gasteiger partial charge in [-0.3, -0.25) is 14.4 Å². The minimum Gasteiger partial charge on any atom is -0.462 e. The topological polar surface area (TPSA) is 78.9 Å². The molecule has 0 N–H and O–H groups in total. The molecule has 0 amide bonds. The lowest BCUT2D eigenvalue weighted by molar-refractivity contribution is -0.167. The number of esters is 3. The van der Waals surface area contributed by atoms with E-state index in [-0.39, 0.29) is 31.1 Å². The summed E-state index contributed by atoms with van der Waals surface area (Å²) in [6, 6.07) is 0. The van der Waals surface area contributed by atoms with E-state index < -0.39 is 6.10 Å². The van der Waals surface area contributed by atoms with Gasteiger partial charge in [-0.1, -0.05) is 247 Å². The number of carbonyl (C=O) groups excluding carboxylic acids is 3. The van der Waals surface area contributed by atoms with E-state index >= 15 is 0 Å². The summed E-state index contributed by atoms with van der Waals surface area (Å²) in [5, 5.41) is 0. The van der Waals surface area contributed by atoms with Crippen molar-refractivity contribution >= 4 is 17.9 Å². The molecule has 0 heterocycles. The largest absolute Gasteiger partial charge is 0.462 e. The summed E-state index contributed by atoms with van der Waals surface area (Å²) in [5.41, 5.74) is 0. The van der Waals surface area contributed by atoms with Crippen LogP contribution in [0, 0.1) is 11.8 Å². The van der Waals surface area contributed by atoms with Crippen LogP contribution in [0.3, 0.4) is 0 Å². The molecule has 0 aromatic heterocycles. The van der Waals surface area contributed by atoms with Crippen LogP contribution in [0.4, 0.5) is 0 Å². The van der Waals surface area contributed by atoms with Crippen molar-refractivity contribution in [2.45, 2.75) is 291 Å². The third-order valence-corrected chi connectivity index (χ3v) is 11.7. The van der Waals surface area contributed by atoms with Gasteiger partial charge in [-0.05, 0) is 31.1 Å². The Balaban J connectivity index is 4.18. The van der Waals surface area contributed by atoms with Crippen LogP contribution in [-0.2, 0) is 28.6 Å². The molecule has 1 atom stereocenters. The van der Waals surface area contributed by atoms with Gasteiger partial charge in [-0.25, -0.2) is 0 Å². The molecule has 344 valence electrons. The van der Waals surface area contributed by atoms with E-state index in [0.29, 0.717) is 19.3 Å². The predicted molar refractivity (Wildman–Crippen MR) is 247 cm³/mol. The predicted octanol–water partition coefficient (Wildman–Crippen LogP) is 16.5. The van der Waals surface area contributed by atoms with Crippen LogP contribution >= 0.6 is 0 Å². The lowest BCUT2D eigenvalue weighted by Gasteiger charge is -2.18. The van der Waals surface area contributed by atoms with Crippen LogP contribution < -0.4 is 0 Å². The third kappa shape index (κ3) is 45.5. The van der Waals surface area contributed by atoms with Gasteiger partial charge in [0.05, 0.1) is 0 Å². The average Bonchev–Trinajstić information content (AvgIpc) is 3.19. The zero-order chi connectivity index (χ0) is 42.6. The van der Waals surface area contributed by atoms with E-state index in [9.17, 15) is 14.4 Å². The Morgan fingerprint density at radius 1 is 0.328 bits per heavy atom. The lowest BCUT2D eigenvalue weighted by atomic mass is 10.0. The zero-order valence-electron chi connectivity index (χ0n) is 39.7. The number of carbonyl (C=O) groups is 3. The Morgan fingerprint density at radius 3 is 0.845 bits per heavy atom. The fourth-order valence-electron chi connectivity index (χ4n) is 7.81. The van der Waals surface area contributed by atoms with Crippen molar-refractivity contribution in [3.8, 4) is 0 Å². The van der Waals surface area contributed by atoms with Gasteiger partial charge in [0.1, 0.15) is 13.2 Å². The van der Waals surface area contributed by atoms with Crippen LogP contribution in [0.25, 0.3) is 0 Å². The Bertz CT molecular complexity index is 885. The van der Waals surface area contributed by atoms with E-state index in [1.54, 1.807) is 0 Å². The maximum Gasteiger partial charge on any atom is 0.306 e. The van der Waals surface area contributed by atoms with Crippen LogP contribution in [-0.4, -0.2) is 37.2 Å². The highest BCUT2D eigenvalue weighted by Gasteiger charge is 2.19. The molecule has 0 unspecified atom stereocenters. The second-order valence-corrected chi connectivity index (χ2v) is 18.8. The fraction of sp³-hybridized carbons (Fsp3) is 0.942. The van der Waals surface area contributed by atoms with Crippen molar-refractivity contribution in [1.29, 1.82) is 0 Å². The normalized spacial score (nSPS) is 12.1. The number of hydrogen-bond donors (Lipinski definition) is 0. The first-order chi connectivity index (χ1) is 28.2. The summed E-state index contributed by atoms with van der Waals surface area (Å²) in [5.74, 6) is 0.766. The molecule has 6 heteroatoms. The molecule has 0 aromatic rings. The van der Waals surface area contributed by atoms with Crippen molar-refractivity contribution in [3.05, 3.63) is 0 Å². The van der Waals surface area contributed by atoms with Crippen molar-refractivity contribution in [1.82, 2.24) is 0 Å². The van der Waals surface area contributed by atoms with E-state index in [2.05, 4.69) is 34.6 Å². The summed E-state index contributed by atoms with van der Waals surface area (Å²) in [4.78, 5) is 37.8.